The van der Waals surface area contributed by atoms with Crippen molar-refractivity contribution in [1.82, 2.24) is 18.5 Å². The molecule has 0 spiro atoms. The predicted octanol–water partition coefficient (Wildman–Crippen LogP) is -3.65. The number of hydrogen-bond donors (Lipinski definition) is 5. The number of phosphoric acid groups is 1. The first kappa shape index (κ1) is 42.8. The van der Waals surface area contributed by atoms with E-state index in [1.807, 2.05) is 0 Å². The van der Waals surface area contributed by atoms with Gasteiger partial charge in [0.1, 0.15) is 0 Å². The van der Waals surface area contributed by atoms with Crippen molar-refractivity contribution in [3.63, 3.8) is 0 Å². The molecular formula is H12ClN3NaO4P. The van der Waals surface area contributed by atoms with Crippen LogP contribution in [-0.4, -0.2) is 9.79 Å². The Balaban J connectivity index is -0.00000000800. The van der Waals surface area contributed by atoms with Gasteiger partial charge in [-0.1, -0.05) is 0 Å². The fourth-order valence-electron chi connectivity index (χ4n) is 0. The van der Waals surface area contributed by atoms with E-state index in [9.17, 15) is 0 Å². The fraction of sp³-hybridized carbons (Fsp3) is 0. The molecule has 0 saturated heterocycles. The Morgan fingerprint density at radius 3 is 1.10 bits per heavy atom. The Morgan fingerprint density at radius 1 is 1.10 bits per heavy atom. The molecule has 0 radical (unpaired) electrons. The summed E-state index contributed by atoms with van der Waals surface area (Å²) in [4.78, 5) is 22.9. The van der Waals surface area contributed by atoms with Crippen LogP contribution in [0.3, 0.4) is 0 Å². The topological polar surface area (TPSA) is 186 Å². The average Bonchev–Trinajstić information content (AvgIpc) is 0.722. The molecule has 0 heterocycles. The molecule has 0 fully saturated rings. The number of hydrogen-bond acceptors (Lipinski definition) is 5. The van der Waals surface area contributed by atoms with E-state index < -0.39 is 7.82 Å². The van der Waals surface area contributed by atoms with Crippen LogP contribution in [0.2, 0.25) is 0 Å². The summed E-state index contributed by atoms with van der Waals surface area (Å²) in [5.74, 6) is 0. The molecule has 0 aromatic heterocycles. The molecule has 0 aliphatic rings. The second-order valence-electron chi connectivity index (χ2n) is 0.491. The zero-order chi connectivity index (χ0) is 4.50. The summed E-state index contributed by atoms with van der Waals surface area (Å²) in [6.07, 6.45) is 0. The molecule has 10 heavy (non-hydrogen) atoms. The van der Waals surface area contributed by atoms with Crippen molar-refractivity contribution >= 4 is 20.2 Å². The zero-order valence-corrected chi connectivity index (χ0v) is 9.40. The average molecular weight is 208 g/mol. The minimum absolute atomic E-state index is 0. The third kappa shape index (κ3) is 388. The molecule has 0 aromatic rings. The summed E-state index contributed by atoms with van der Waals surface area (Å²) < 4.78 is 8.77. The molecule has 0 saturated carbocycles. The van der Waals surface area contributed by atoms with Crippen molar-refractivity contribution in [2.45, 2.75) is 0 Å². The maximum Gasteiger partial charge on any atom is 1.00 e. The molecule has 0 unspecified atom stereocenters. The number of halogens is 1. The van der Waals surface area contributed by atoms with Crippen molar-refractivity contribution in [2.24, 2.45) is 0 Å². The van der Waals surface area contributed by atoms with Crippen LogP contribution < -0.4 is 52.9 Å². The van der Waals surface area contributed by atoms with E-state index in [-0.39, 0.29) is 60.4 Å². The normalized spacial score (nSPS) is 5.90. The van der Waals surface area contributed by atoms with Crippen LogP contribution in [0.5, 0.6) is 0 Å². The molecule has 0 aliphatic carbocycles. The van der Waals surface area contributed by atoms with Crippen molar-refractivity contribution < 1.29 is 48.8 Å². The van der Waals surface area contributed by atoms with E-state index >= 15 is 0 Å². The van der Waals surface area contributed by atoms with Crippen LogP contribution in [0, 0.1) is 0 Å². The first-order valence-corrected chi connectivity index (χ1v) is 2.30. The molecule has 11 N–H and O–H groups in total. The molecule has 0 rings (SSSR count). The van der Waals surface area contributed by atoms with Gasteiger partial charge in [-0.15, -0.1) is 12.4 Å². The predicted molar refractivity (Wildman–Crippen MR) is 34.4 cm³/mol. The van der Waals surface area contributed by atoms with Gasteiger partial charge < -0.3 is 33.1 Å². The fourth-order valence-corrected chi connectivity index (χ4v) is 0. The molecule has 0 atom stereocenters. The third-order valence-corrected chi connectivity index (χ3v) is 0. The Kier molecular flexibility index (Phi) is 71.4. The van der Waals surface area contributed by atoms with E-state index in [2.05, 4.69) is 0 Å². The minimum atomic E-state index is -4.89. The maximum atomic E-state index is 8.77. The molecule has 10 heteroatoms. The molecule has 7 nitrogen and oxygen atoms in total. The third-order valence-electron chi connectivity index (χ3n) is 0. The van der Waals surface area contributed by atoms with E-state index in [1.165, 1.54) is 0 Å². The monoisotopic (exact) mass is 207 g/mol. The molecule has 64 valence electrons. The van der Waals surface area contributed by atoms with Gasteiger partial charge in [0.15, 0.2) is 0 Å². The first-order valence-electron chi connectivity index (χ1n) is 0.765. The maximum absolute atomic E-state index is 8.77. The van der Waals surface area contributed by atoms with E-state index in [0.717, 1.165) is 0 Å². The second kappa shape index (κ2) is 16.7. The standard InChI is InChI=1S/ClH.3H3N.Na.H3O4P/c;;;;;1-5(2,3)4/h1H;3*1H3;;(H3,1,2,3,4)/q;;;;+1;/p-1. The quantitative estimate of drug-likeness (QED) is 0.200. The summed E-state index contributed by atoms with van der Waals surface area (Å²) in [5, 5.41) is 0. The van der Waals surface area contributed by atoms with Crippen molar-refractivity contribution in [3.8, 4) is 0 Å². The minimum Gasteiger partial charge on any atom is -0.756 e. The van der Waals surface area contributed by atoms with Crippen LogP contribution in [0.4, 0.5) is 0 Å². The molecule has 0 amide bonds. The summed E-state index contributed by atoms with van der Waals surface area (Å²) in [7, 11) is -4.89. The van der Waals surface area contributed by atoms with Gasteiger partial charge >= 0.3 is 29.6 Å². The van der Waals surface area contributed by atoms with E-state index in [1.54, 1.807) is 0 Å². The smallest absolute Gasteiger partial charge is 0.756 e. The summed E-state index contributed by atoms with van der Waals surface area (Å²) in [6, 6.07) is 0. The van der Waals surface area contributed by atoms with Crippen LogP contribution in [0.1, 0.15) is 0 Å². The van der Waals surface area contributed by atoms with Crippen molar-refractivity contribution in [1.29, 1.82) is 0 Å². The van der Waals surface area contributed by atoms with Gasteiger partial charge in [-0.05, 0) is 0 Å². The first-order chi connectivity index (χ1) is 2.00. The van der Waals surface area contributed by atoms with Crippen LogP contribution in [0.25, 0.3) is 0 Å². The molecule has 0 aromatic carbocycles. The van der Waals surface area contributed by atoms with Gasteiger partial charge in [0, 0.05) is 0 Å². The molecule has 0 bridgehead atoms. The van der Waals surface area contributed by atoms with Gasteiger partial charge in [-0.3, -0.25) is 4.57 Å². The Bertz CT molecular complexity index is 66.6. The van der Waals surface area contributed by atoms with Gasteiger partial charge in [-0.2, -0.15) is 0 Å². The summed E-state index contributed by atoms with van der Waals surface area (Å²) in [6.45, 7) is 0. The Morgan fingerprint density at radius 2 is 1.10 bits per heavy atom. The van der Waals surface area contributed by atoms with Crippen molar-refractivity contribution in [2.75, 3.05) is 0 Å². The van der Waals surface area contributed by atoms with Gasteiger partial charge in [0.25, 0.3) is 7.82 Å². The SMILES string of the molecule is Cl.N.N.N.O=P([O-])(O)O.[Na+]. The van der Waals surface area contributed by atoms with Crippen LogP contribution >= 0.6 is 20.2 Å². The van der Waals surface area contributed by atoms with Crippen LogP contribution in [-0.2, 0) is 4.57 Å². The summed E-state index contributed by atoms with van der Waals surface area (Å²) >= 11 is 0. The van der Waals surface area contributed by atoms with Gasteiger partial charge in [-0.25, -0.2) is 0 Å². The molecule has 0 aliphatic heterocycles. The second-order valence-corrected chi connectivity index (χ2v) is 1.47. The summed E-state index contributed by atoms with van der Waals surface area (Å²) in [5.41, 5.74) is 0. The van der Waals surface area contributed by atoms with Crippen molar-refractivity contribution in [3.05, 3.63) is 0 Å². The van der Waals surface area contributed by atoms with Gasteiger partial charge in [0.2, 0.25) is 0 Å². The largest absolute Gasteiger partial charge is 1.00 e. The van der Waals surface area contributed by atoms with E-state index in [4.69, 9.17) is 19.2 Å². The zero-order valence-electron chi connectivity index (χ0n) is 5.69. The number of rotatable bonds is 0. The Labute approximate surface area is 87.3 Å². The van der Waals surface area contributed by atoms with Gasteiger partial charge in [0.05, 0.1) is 0 Å². The Hall–Kier alpha value is 1.28. The van der Waals surface area contributed by atoms with E-state index in [0.29, 0.717) is 0 Å². The van der Waals surface area contributed by atoms with Crippen LogP contribution in [0.15, 0.2) is 0 Å². The molecular weight excluding hydrogens is 195 g/mol.